The number of hydrogen-bond acceptors (Lipinski definition) is 3. The van der Waals surface area contributed by atoms with E-state index >= 15 is 0 Å². The first-order chi connectivity index (χ1) is 8.69. The van der Waals surface area contributed by atoms with Gasteiger partial charge in [-0.25, -0.2) is 14.4 Å². The van der Waals surface area contributed by atoms with Crippen LogP contribution in [-0.4, -0.2) is 16.0 Å². The van der Waals surface area contributed by atoms with Gasteiger partial charge in [0.1, 0.15) is 5.82 Å². The number of nitrogens with two attached hydrogens (primary N) is 1. The minimum Gasteiger partial charge on any atom is -0.327 e. The summed E-state index contributed by atoms with van der Waals surface area (Å²) in [6, 6.07) is 8.14. The molecule has 1 unspecified atom stereocenters. The van der Waals surface area contributed by atoms with Gasteiger partial charge in [0.2, 0.25) is 0 Å². The largest absolute Gasteiger partial charge is 0.327 e. The molecule has 2 N–H and O–H groups in total. The fourth-order valence-electron chi connectivity index (χ4n) is 1.66. The highest BCUT2D eigenvalue weighted by atomic mass is 19.1. The van der Waals surface area contributed by atoms with Crippen molar-refractivity contribution < 1.29 is 4.39 Å². The van der Waals surface area contributed by atoms with Crippen molar-refractivity contribution >= 4 is 0 Å². The topological polar surface area (TPSA) is 51.8 Å². The van der Waals surface area contributed by atoms with Crippen LogP contribution in [0.3, 0.4) is 0 Å². The minimum atomic E-state index is -0.261. The summed E-state index contributed by atoms with van der Waals surface area (Å²) in [6.45, 7) is 2.05. The van der Waals surface area contributed by atoms with Crippen LogP contribution in [0.4, 0.5) is 4.39 Å². The number of hydrogen-bond donors (Lipinski definition) is 1. The van der Waals surface area contributed by atoms with Crippen LogP contribution in [0.15, 0.2) is 36.5 Å². The molecule has 2 aromatic rings. The van der Waals surface area contributed by atoms with E-state index in [0.29, 0.717) is 5.82 Å². The summed E-state index contributed by atoms with van der Waals surface area (Å²) in [5.41, 5.74) is 7.63. The monoisotopic (exact) mass is 245 g/mol. The van der Waals surface area contributed by atoms with Crippen molar-refractivity contribution in [3.8, 4) is 11.4 Å². The highest BCUT2D eigenvalue weighted by Gasteiger charge is 2.06. The van der Waals surface area contributed by atoms with Crippen molar-refractivity contribution in [3.05, 3.63) is 48.0 Å². The predicted octanol–water partition coefficient (Wildman–Crippen LogP) is 2.56. The molecule has 4 heteroatoms. The van der Waals surface area contributed by atoms with Crippen LogP contribution >= 0.6 is 0 Å². The lowest BCUT2D eigenvalue weighted by molar-refractivity contribution is 0.628. The summed E-state index contributed by atoms with van der Waals surface area (Å²) < 4.78 is 12.8. The van der Waals surface area contributed by atoms with E-state index in [9.17, 15) is 4.39 Å². The van der Waals surface area contributed by atoms with E-state index in [1.54, 1.807) is 18.3 Å². The van der Waals surface area contributed by atoms with Gasteiger partial charge < -0.3 is 5.73 Å². The van der Waals surface area contributed by atoms with E-state index in [-0.39, 0.29) is 11.9 Å². The molecule has 1 heterocycles. The molecule has 0 fully saturated rings. The van der Waals surface area contributed by atoms with Crippen LogP contribution in [0.2, 0.25) is 0 Å². The molecule has 0 aliphatic rings. The number of aromatic nitrogens is 2. The molecule has 0 saturated carbocycles. The first-order valence-electron chi connectivity index (χ1n) is 6.02. The Morgan fingerprint density at radius 2 is 1.94 bits per heavy atom. The van der Waals surface area contributed by atoms with Gasteiger partial charge in [0.15, 0.2) is 5.82 Å². The van der Waals surface area contributed by atoms with E-state index < -0.39 is 0 Å². The maximum atomic E-state index is 12.8. The summed E-state index contributed by atoms with van der Waals surface area (Å²) in [5, 5.41) is 0. The molecule has 0 bridgehead atoms. The van der Waals surface area contributed by atoms with E-state index in [2.05, 4.69) is 9.97 Å². The molecule has 1 aromatic heterocycles. The molecular weight excluding hydrogens is 229 g/mol. The third kappa shape index (κ3) is 3.11. The maximum Gasteiger partial charge on any atom is 0.159 e. The van der Waals surface area contributed by atoms with Gasteiger partial charge in [-0.1, -0.05) is 6.92 Å². The zero-order valence-corrected chi connectivity index (χ0v) is 10.3. The first kappa shape index (κ1) is 12.6. The second-order valence-corrected chi connectivity index (χ2v) is 4.25. The van der Waals surface area contributed by atoms with E-state index in [1.165, 1.54) is 12.1 Å². The molecule has 0 spiro atoms. The number of halogens is 1. The summed E-state index contributed by atoms with van der Waals surface area (Å²) >= 11 is 0. The second kappa shape index (κ2) is 5.69. The van der Waals surface area contributed by atoms with Crippen molar-refractivity contribution in [2.24, 2.45) is 5.73 Å². The normalized spacial score (nSPS) is 12.4. The summed E-state index contributed by atoms with van der Waals surface area (Å²) in [5.74, 6) is 0.346. The van der Waals surface area contributed by atoms with Crippen molar-refractivity contribution in [2.75, 3.05) is 0 Å². The predicted molar refractivity (Wildman–Crippen MR) is 69.4 cm³/mol. The second-order valence-electron chi connectivity index (χ2n) is 4.25. The van der Waals surface area contributed by atoms with E-state index in [4.69, 9.17) is 5.73 Å². The van der Waals surface area contributed by atoms with Gasteiger partial charge >= 0.3 is 0 Å². The average Bonchev–Trinajstić information content (AvgIpc) is 2.40. The quantitative estimate of drug-likeness (QED) is 0.900. The summed E-state index contributed by atoms with van der Waals surface area (Å²) in [6.07, 6.45) is 3.35. The highest BCUT2D eigenvalue weighted by molar-refractivity contribution is 5.54. The van der Waals surface area contributed by atoms with Crippen molar-refractivity contribution in [1.82, 2.24) is 9.97 Å². The number of benzene rings is 1. The smallest absolute Gasteiger partial charge is 0.159 e. The van der Waals surface area contributed by atoms with Crippen molar-refractivity contribution in [2.45, 2.75) is 25.8 Å². The summed E-state index contributed by atoms with van der Waals surface area (Å²) in [4.78, 5) is 8.65. The molecular formula is C14H16FN3. The maximum absolute atomic E-state index is 12.8. The molecule has 0 amide bonds. The van der Waals surface area contributed by atoms with Gasteiger partial charge in [0.05, 0.1) is 0 Å². The molecule has 0 aliphatic heterocycles. The van der Waals surface area contributed by atoms with Gasteiger partial charge in [-0.15, -0.1) is 0 Å². The molecule has 1 atom stereocenters. The zero-order chi connectivity index (χ0) is 13.0. The van der Waals surface area contributed by atoms with Crippen molar-refractivity contribution in [1.29, 1.82) is 0 Å². The molecule has 0 saturated heterocycles. The third-order valence-corrected chi connectivity index (χ3v) is 2.81. The third-order valence-electron chi connectivity index (χ3n) is 2.81. The van der Waals surface area contributed by atoms with E-state index in [0.717, 1.165) is 24.1 Å². The molecule has 0 radical (unpaired) electrons. The lowest BCUT2D eigenvalue weighted by Gasteiger charge is -2.08. The SMILES string of the molecule is CCC(N)Cc1ccnc(-c2ccc(F)cc2)n1. The minimum absolute atomic E-state index is 0.112. The van der Waals surface area contributed by atoms with Crippen LogP contribution in [0.1, 0.15) is 19.0 Å². The highest BCUT2D eigenvalue weighted by Crippen LogP contribution is 2.15. The first-order valence-corrected chi connectivity index (χ1v) is 6.02. The van der Waals surface area contributed by atoms with Crippen LogP contribution in [0, 0.1) is 5.82 Å². The van der Waals surface area contributed by atoms with Crippen LogP contribution in [0.25, 0.3) is 11.4 Å². The standard InChI is InChI=1S/C14H16FN3/c1-2-12(16)9-13-7-8-17-14(18-13)10-3-5-11(15)6-4-10/h3-8,12H,2,9,16H2,1H3. The fraction of sp³-hybridized carbons (Fsp3) is 0.286. The van der Waals surface area contributed by atoms with E-state index in [1.807, 2.05) is 13.0 Å². The van der Waals surface area contributed by atoms with Gasteiger partial charge in [0, 0.05) is 29.9 Å². The molecule has 94 valence electrons. The van der Waals surface area contributed by atoms with Crippen LogP contribution in [-0.2, 0) is 6.42 Å². The Bertz CT molecular complexity index is 511. The Morgan fingerprint density at radius 3 is 2.61 bits per heavy atom. The lowest BCUT2D eigenvalue weighted by atomic mass is 10.1. The lowest BCUT2D eigenvalue weighted by Crippen LogP contribution is -2.22. The Morgan fingerprint density at radius 1 is 1.22 bits per heavy atom. The van der Waals surface area contributed by atoms with Crippen molar-refractivity contribution in [3.63, 3.8) is 0 Å². The molecule has 2 rings (SSSR count). The molecule has 18 heavy (non-hydrogen) atoms. The fourth-order valence-corrected chi connectivity index (χ4v) is 1.66. The Hall–Kier alpha value is -1.81. The molecule has 0 aliphatic carbocycles. The van der Waals surface area contributed by atoms with Gasteiger partial charge in [-0.3, -0.25) is 0 Å². The Kier molecular flexibility index (Phi) is 3.99. The zero-order valence-electron chi connectivity index (χ0n) is 10.3. The van der Waals surface area contributed by atoms with Gasteiger partial charge in [-0.05, 0) is 36.8 Å². The van der Waals surface area contributed by atoms with Gasteiger partial charge in [0.25, 0.3) is 0 Å². The van der Waals surface area contributed by atoms with Crippen LogP contribution < -0.4 is 5.73 Å². The molecule has 1 aromatic carbocycles. The van der Waals surface area contributed by atoms with Gasteiger partial charge in [-0.2, -0.15) is 0 Å². The summed E-state index contributed by atoms with van der Waals surface area (Å²) in [7, 11) is 0. The number of rotatable bonds is 4. The average molecular weight is 245 g/mol. The number of nitrogens with zero attached hydrogens (tertiary/aromatic N) is 2. The molecule has 3 nitrogen and oxygen atoms in total. The Labute approximate surface area is 106 Å². The Balaban J connectivity index is 2.24. The van der Waals surface area contributed by atoms with Crippen LogP contribution in [0.5, 0.6) is 0 Å².